The van der Waals surface area contributed by atoms with E-state index in [1.807, 2.05) is 0 Å². The summed E-state index contributed by atoms with van der Waals surface area (Å²) >= 11 is 0. The zero-order chi connectivity index (χ0) is 12.1. The Bertz CT molecular complexity index is 383. The lowest BCUT2D eigenvalue weighted by molar-refractivity contribution is 0.322. The lowest BCUT2D eigenvalue weighted by atomic mass is 9.79. The minimum Gasteiger partial charge on any atom is -0.494 e. The second kappa shape index (κ2) is 5.62. The van der Waals surface area contributed by atoms with Crippen LogP contribution in [0, 0.1) is 11.6 Å². The minimum absolute atomic E-state index is 0.0873. The first-order valence-electron chi connectivity index (χ1n) is 4.65. The van der Waals surface area contributed by atoms with Gasteiger partial charge in [-0.1, -0.05) is 6.08 Å². The van der Waals surface area contributed by atoms with E-state index in [-0.39, 0.29) is 17.8 Å². The zero-order valence-corrected chi connectivity index (χ0v) is 8.49. The van der Waals surface area contributed by atoms with Gasteiger partial charge in [0.2, 0.25) is 0 Å². The molecule has 0 saturated carbocycles. The average molecular weight is 228 g/mol. The van der Waals surface area contributed by atoms with Crippen LogP contribution in [0.25, 0.3) is 0 Å². The van der Waals surface area contributed by atoms with Gasteiger partial charge in [-0.25, -0.2) is 8.78 Å². The molecule has 86 valence electrons. The molecule has 0 atom stereocenters. The highest BCUT2D eigenvalue weighted by molar-refractivity contribution is 6.59. The van der Waals surface area contributed by atoms with E-state index in [4.69, 9.17) is 14.8 Å². The van der Waals surface area contributed by atoms with Crippen molar-refractivity contribution < 1.29 is 23.6 Å². The van der Waals surface area contributed by atoms with Crippen molar-refractivity contribution in [3.63, 3.8) is 0 Å². The third-order valence-corrected chi connectivity index (χ3v) is 1.91. The fourth-order valence-electron chi connectivity index (χ4n) is 1.12. The summed E-state index contributed by atoms with van der Waals surface area (Å²) in [5.74, 6) is -2.34. The number of hydrogen-bond acceptors (Lipinski definition) is 3. The third kappa shape index (κ3) is 3.05. The summed E-state index contributed by atoms with van der Waals surface area (Å²) in [6, 6.07) is 1.48. The maximum Gasteiger partial charge on any atom is 0.492 e. The van der Waals surface area contributed by atoms with E-state index in [2.05, 4.69) is 6.58 Å². The van der Waals surface area contributed by atoms with Gasteiger partial charge in [0, 0.05) is 11.5 Å². The lowest BCUT2D eigenvalue weighted by Crippen LogP contribution is -2.32. The fourth-order valence-corrected chi connectivity index (χ4v) is 1.12. The van der Waals surface area contributed by atoms with Crippen LogP contribution < -0.4 is 10.2 Å². The van der Waals surface area contributed by atoms with Crippen LogP contribution in [0.5, 0.6) is 5.75 Å². The van der Waals surface area contributed by atoms with Crippen molar-refractivity contribution in [3.05, 3.63) is 36.4 Å². The van der Waals surface area contributed by atoms with Gasteiger partial charge in [-0.15, -0.1) is 6.58 Å². The quantitative estimate of drug-likeness (QED) is 0.440. The molecule has 0 unspecified atom stereocenters. The van der Waals surface area contributed by atoms with E-state index in [1.165, 1.54) is 0 Å². The molecule has 2 N–H and O–H groups in total. The van der Waals surface area contributed by atoms with Crippen LogP contribution in [0.4, 0.5) is 8.78 Å². The Morgan fingerprint density at radius 3 is 2.50 bits per heavy atom. The Morgan fingerprint density at radius 2 is 1.94 bits per heavy atom. The topological polar surface area (TPSA) is 49.7 Å². The predicted octanol–water partition coefficient (Wildman–Crippen LogP) is 0.599. The van der Waals surface area contributed by atoms with Crippen LogP contribution in [-0.2, 0) is 0 Å². The number of rotatable bonds is 5. The Morgan fingerprint density at radius 1 is 1.31 bits per heavy atom. The maximum atomic E-state index is 12.9. The maximum absolute atomic E-state index is 12.9. The molecule has 0 aliphatic heterocycles. The van der Waals surface area contributed by atoms with Crippen LogP contribution in [0.1, 0.15) is 6.42 Å². The van der Waals surface area contributed by atoms with Gasteiger partial charge in [0.1, 0.15) is 5.75 Å². The van der Waals surface area contributed by atoms with Crippen molar-refractivity contribution in [2.24, 2.45) is 0 Å². The van der Waals surface area contributed by atoms with Gasteiger partial charge in [-0.2, -0.15) is 0 Å². The van der Waals surface area contributed by atoms with Crippen molar-refractivity contribution in [2.75, 3.05) is 6.61 Å². The first kappa shape index (κ1) is 12.7. The normalized spacial score (nSPS) is 10.0. The van der Waals surface area contributed by atoms with Gasteiger partial charge < -0.3 is 14.8 Å². The van der Waals surface area contributed by atoms with Crippen LogP contribution in [0.2, 0.25) is 0 Å². The van der Waals surface area contributed by atoms with Crippen molar-refractivity contribution in [1.82, 2.24) is 0 Å². The molecule has 0 spiro atoms. The number of halogens is 2. The molecule has 0 saturated heterocycles. The molecule has 0 aliphatic rings. The Balaban J connectivity index is 2.95. The fraction of sp³-hybridized carbons (Fsp3) is 0.200. The molecule has 0 aromatic heterocycles. The van der Waals surface area contributed by atoms with Gasteiger partial charge in [0.25, 0.3) is 0 Å². The van der Waals surface area contributed by atoms with Crippen LogP contribution in [-0.4, -0.2) is 23.8 Å². The summed E-state index contributed by atoms with van der Waals surface area (Å²) in [5, 5.41) is 17.9. The molecule has 0 amide bonds. The summed E-state index contributed by atoms with van der Waals surface area (Å²) in [7, 11) is -1.91. The largest absolute Gasteiger partial charge is 0.494 e. The SMILES string of the molecule is C=CCCOc1cc(F)c(F)cc1B(O)O. The van der Waals surface area contributed by atoms with Crippen molar-refractivity contribution >= 4 is 12.6 Å². The first-order chi connectivity index (χ1) is 7.56. The molecule has 0 bridgehead atoms. The summed E-state index contributed by atoms with van der Waals surface area (Å²) in [6.07, 6.45) is 2.11. The van der Waals surface area contributed by atoms with E-state index in [0.717, 1.165) is 6.07 Å². The summed E-state index contributed by atoms with van der Waals surface area (Å²) in [5.41, 5.74) is -0.206. The number of benzene rings is 1. The molecule has 1 aromatic rings. The van der Waals surface area contributed by atoms with Gasteiger partial charge >= 0.3 is 7.12 Å². The highest BCUT2D eigenvalue weighted by atomic mass is 19.2. The Labute approximate surface area is 92.1 Å². The molecule has 1 rings (SSSR count). The standard InChI is InChI=1S/C10H11BF2O3/c1-2-3-4-16-10-6-9(13)8(12)5-7(10)11(14)15/h2,5-6,14-15H,1,3-4H2. The number of hydrogen-bond donors (Lipinski definition) is 2. The highest BCUT2D eigenvalue weighted by Crippen LogP contribution is 2.14. The molecule has 6 heteroatoms. The third-order valence-electron chi connectivity index (χ3n) is 1.91. The van der Waals surface area contributed by atoms with E-state index in [0.29, 0.717) is 12.5 Å². The van der Waals surface area contributed by atoms with Gasteiger partial charge in [-0.3, -0.25) is 0 Å². The second-order valence-electron chi connectivity index (χ2n) is 3.10. The molecule has 3 nitrogen and oxygen atoms in total. The first-order valence-corrected chi connectivity index (χ1v) is 4.65. The molecule has 0 radical (unpaired) electrons. The van der Waals surface area contributed by atoms with Gasteiger partial charge in [0.15, 0.2) is 11.6 Å². The van der Waals surface area contributed by atoms with Crippen molar-refractivity contribution in [1.29, 1.82) is 0 Å². The smallest absolute Gasteiger partial charge is 0.492 e. The molecule has 16 heavy (non-hydrogen) atoms. The molecule has 0 fully saturated rings. The van der Waals surface area contributed by atoms with Crippen molar-refractivity contribution in [2.45, 2.75) is 6.42 Å². The zero-order valence-electron chi connectivity index (χ0n) is 8.49. The highest BCUT2D eigenvalue weighted by Gasteiger charge is 2.20. The lowest BCUT2D eigenvalue weighted by Gasteiger charge is -2.10. The van der Waals surface area contributed by atoms with E-state index in [1.54, 1.807) is 6.08 Å². The Hall–Kier alpha value is -1.40. The van der Waals surface area contributed by atoms with E-state index in [9.17, 15) is 8.78 Å². The van der Waals surface area contributed by atoms with Crippen LogP contribution in [0.3, 0.4) is 0 Å². The minimum atomic E-state index is -1.91. The molecule has 0 aliphatic carbocycles. The van der Waals surface area contributed by atoms with Gasteiger partial charge in [-0.05, 0) is 12.5 Å². The van der Waals surface area contributed by atoms with Crippen molar-refractivity contribution in [3.8, 4) is 5.75 Å². The van der Waals surface area contributed by atoms with E-state index >= 15 is 0 Å². The summed E-state index contributed by atoms with van der Waals surface area (Å²) in [6.45, 7) is 3.67. The average Bonchev–Trinajstić information content (AvgIpc) is 2.23. The predicted molar refractivity (Wildman–Crippen MR) is 56.5 cm³/mol. The molecular formula is C10H11BF2O3. The molecule has 1 aromatic carbocycles. The van der Waals surface area contributed by atoms with E-state index < -0.39 is 18.8 Å². The van der Waals surface area contributed by atoms with Crippen LogP contribution in [0.15, 0.2) is 24.8 Å². The summed E-state index contributed by atoms with van der Waals surface area (Å²) in [4.78, 5) is 0. The van der Waals surface area contributed by atoms with Gasteiger partial charge in [0.05, 0.1) is 6.61 Å². The molecular weight excluding hydrogens is 217 g/mol. The molecule has 0 heterocycles. The monoisotopic (exact) mass is 228 g/mol. The number of ether oxygens (including phenoxy) is 1. The Kier molecular flexibility index (Phi) is 4.45. The second-order valence-corrected chi connectivity index (χ2v) is 3.10. The van der Waals surface area contributed by atoms with Crippen LogP contribution >= 0.6 is 0 Å². The summed E-state index contributed by atoms with van der Waals surface area (Å²) < 4.78 is 30.8.